The van der Waals surface area contributed by atoms with Gasteiger partial charge in [-0.2, -0.15) is 0 Å². The van der Waals surface area contributed by atoms with Gasteiger partial charge in [0.05, 0.1) is 5.52 Å². The third-order valence-electron chi connectivity index (χ3n) is 3.45. The highest BCUT2D eigenvalue weighted by Gasteiger charge is 2.10. The van der Waals surface area contributed by atoms with Crippen LogP contribution < -0.4 is 5.43 Å². The summed E-state index contributed by atoms with van der Waals surface area (Å²) in [5.41, 5.74) is 3.18. The zero-order valence-electron chi connectivity index (χ0n) is 10.8. The summed E-state index contributed by atoms with van der Waals surface area (Å²) in [6.07, 6.45) is 0. The van der Waals surface area contributed by atoms with Crippen molar-refractivity contribution < 1.29 is 0 Å². The smallest absolute Gasteiger partial charge is 0.197 e. The van der Waals surface area contributed by atoms with Gasteiger partial charge in [0.1, 0.15) is 0 Å². The molecule has 0 amide bonds. The van der Waals surface area contributed by atoms with E-state index in [1.54, 1.807) is 0 Å². The number of halogens is 1. The maximum atomic E-state index is 12.6. The van der Waals surface area contributed by atoms with Crippen LogP contribution in [-0.4, -0.2) is 4.98 Å². The molecule has 0 fully saturated rings. The first-order valence-electron chi connectivity index (χ1n) is 6.32. The minimum Gasteiger partial charge on any atom is -0.354 e. The molecule has 0 atom stereocenters. The third kappa shape index (κ3) is 2.06. The summed E-state index contributed by atoms with van der Waals surface area (Å²) in [4.78, 5) is 16.0. The first kappa shape index (κ1) is 12.7. The lowest BCUT2D eigenvalue weighted by Crippen LogP contribution is -2.06. The predicted octanol–water partition coefficient (Wildman–Crippen LogP) is 4.41. The second-order valence-electron chi connectivity index (χ2n) is 5.07. The zero-order valence-corrected chi connectivity index (χ0v) is 13.0. The fourth-order valence-electron chi connectivity index (χ4n) is 2.47. The maximum Gasteiger partial charge on any atom is 0.197 e. The molecule has 3 heteroatoms. The molecular formula is C16H14INO. The van der Waals surface area contributed by atoms with E-state index in [1.807, 2.05) is 30.3 Å². The van der Waals surface area contributed by atoms with Gasteiger partial charge in [0.25, 0.3) is 0 Å². The molecule has 0 bridgehead atoms. The number of para-hydroxylation sites is 1. The van der Waals surface area contributed by atoms with Crippen LogP contribution in [0.1, 0.15) is 25.3 Å². The van der Waals surface area contributed by atoms with Gasteiger partial charge in [-0.25, -0.2) is 0 Å². The molecule has 1 heterocycles. The Balaban J connectivity index is 2.54. The molecule has 0 aliphatic heterocycles. The highest BCUT2D eigenvalue weighted by Crippen LogP contribution is 2.24. The summed E-state index contributed by atoms with van der Waals surface area (Å²) in [5, 5.41) is 1.54. The Morgan fingerprint density at radius 2 is 1.89 bits per heavy atom. The molecule has 3 aromatic rings. The van der Waals surface area contributed by atoms with Crippen molar-refractivity contribution in [2.75, 3.05) is 0 Å². The largest absolute Gasteiger partial charge is 0.354 e. The van der Waals surface area contributed by atoms with Gasteiger partial charge in [0.15, 0.2) is 5.43 Å². The molecule has 2 nitrogen and oxygen atoms in total. The van der Waals surface area contributed by atoms with Gasteiger partial charge in [0, 0.05) is 19.9 Å². The van der Waals surface area contributed by atoms with Crippen LogP contribution >= 0.6 is 22.6 Å². The van der Waals surface area contributed by atoms with Crippen molar-refractivity contribution in [3.8, 4) is 0 Å². The van der Waals surface area contributed by atoms with Crippen LogP contribution in [0.5, 0.6) is 0 Å². The average Bonchev–Trinajstić information content (AvgIpc) is 2.39. The summed E-state index contributed by atoms with van der Waals surface area (Å²) in [6, 6.07) is 11.9. The Hall–Kier alpha value is -1.36. The monoisotopic (exact) mass is 363 g/mol. The quantitative estimate of drug-likeness (QED) is 0.504. The Morgan fingerprint density at radius 1 is 1.11 bits per heavy atom. The summed E-state index contributed by atoms with van der Waals surface area (Å²) in [6.45, 7) is 4.29. The second-order valence-corrected chi connectivity index (χ2v) is 6.31. The van der Waals surface area contributed by atoms with Gasteiger partial charge in [-0.05, 0) is 58.3 Å². The SMILES string of the molecule is CC(C)c1cccc2c(=O)c3cc(I)ccc3[nH]c12. The fourth-order valence-corrected chi connectivity index (χ4v) is 2.96. The Kier molecular flexibility index (Phi) is 3.09. The first-order chi connectivity index (χ1) is 9.08. The van der Waals surface area contributed by atoms with Crippen molar-refractivity contribution >= 4 is 44.4 Å². The van der Waals surface area contributed by atoms with Crippen molar-refractivity contribution in [2.24, 2.45) is 0 Å². The molecule has 0 aliphatic rings. The van der Waals surface area contributed by atoms with E-state index in [0.717, 1.165) is 25.4 Å². The summed E-state index contributed by atoms with van der Waals surface area (Å²) >= 11 is 2.23. The van der Waals surface area contributed by atoms with Gasteiger partial charge in [-0.1, -0.05) is 26.0 Å². The van der Waals surface area contributed by atoms with Crippen molar-refractivity contribution in [1.82, 2.24) is 4.98 Å². The van der Waals surface area contributed by atoms with Gasteiger partial charge < -0.3 is 4.98 Å². The summed E-state index contributed by atoms with van der Waals surface area (Å²) in [5.74, 6) is 0.389. The highest BCUT2D eigenvalue weighted by molar-refractivity contribution is 14.1. The number of aromatic nitrogens is 1. The minimum absolute atomic E-state index is 0.116. The van der Waals surface area contributed by atoms with Crippen LogP contribution in [0.2, 0.25) is 0 Å². The number of fused-ring (bicyclic) bond motifs is 2. The molecule has 0 saturated carbocycles. The average molecular weight is 363 g/mol. The minimum atomic E-state index is 0.116. The number of hydrogen-bond acceptors (Lipinski definition) is 1. The van der Waals surface area contributed by atoms with Gasteiger partial charge in [-0.15, -0.1) is 0 Å². The van der Waals surface area contributed by atoms with E-state index < -0.39 is 0 Å². The summed E-state index contributed by atoms with van der Waals surface area (Å²) < 4.78 is 1.08. The van der Waals surface area contributed by atoms with Crippen molar-refractivity contribution in [1.29, 1.82) is 0 Å². The second kappa shape index (κ2) is 4.63. The Bertz CT molecular complexity index is 833. The van der Waals surface area contributed by atoms with Crippen molar-refractivity contribution in [3.63, 3.8) is 0 Å². The third-order valence-corrected chi connectivity index (χ3v) is 4.12. The van der Waals surface area contributed by atoms with Crippen LogP contribution in [-0.2, 0) is 0 Å². The molecule has 3 rings (SSSR count). The number of hydrogen-bond donors (Lipinski definition) is 1. The molecule has 1 N–H and O–H groups in total. The van der Waals surface area contributed by atoms with E-state index in [1.165, 1.54) is 5.56 Å². The molecule has 2 aromatic carbocycles. The molecule has 0 unspecified atom stereocenters. The lowest BCUT2D eigenvalue weighted by molar-refractivity contribution is 0.873. The molecule has 0 saturated heterocycles. The molecular weight excluding hydrogens is 349 g/mol. The van der Waals surface area contributed by atoms with Crippen LogP contribution in [0, 0.1) is 3.57 Å². The number of nitrogens with one attached hydrogen (secondary N) is 1. The fraction of sp³-hybridized carbons (Fsp3) is 0.188. The van der Waals surface area contributed by atoms with Crippen molar-refractivity contribution in [2.45, 2.75) is 19.8 Å². The lowest BCUT2D eigenvalue weighted by Gasteiger charge is -2.11. The number of rotatable bonds is 1. The Morgan fingerprint density at radius 3 is 2.63 bits per heavy atom. The van der Waals surface area contributed by atoms with Crippen LogP contribution in [0.15, 0.2) is 41.2 Å². The van der Waals surface area contributed by atoms with Crippen LogP contribution in [0.4, 0.5) is 0 Å². The van der Waals surface area contributed by atoms with Gasteiger partial charge in [0.2, 0.25) is 0 Å². The summed E-state index contributed by atoms with van der Waals surface area (Å²) in [7, 11) is 0. The number of aromatic amines is 1. The van der Waals surface area contributed by atoms with E-state index in [0.29, 0.717) is 5.92 Å². The Labute approximate surface area is 125 Å². The predicted molar refractivity (Wildman–Crippen MR) is 88.9 cm³/mol. The lowest BCUT2D eigenvalue weighted by atomic mass is 9.98. The molecule has 0 spiro atoms. The normalized spacial score (nSPS) is 11.6. The molecule has 0 radical (unpaired) electrons. The molecule has 19 heavy (non-hydrogen) atoms. The van der Waals surface area contributed by atoms with E-state index in [-0.39, 0.29) is 5.43 Å². The van der Waals surface area contributed by atoms with Crippen LogP contribution in [0.25, 0.3) is 21.8 Å². The van der Waals surface area contributed by atoms with E-state index in [9.17, 15) is 4.79 Å². The van der Waals surface area contributed by atoms with Gasteiger partial charge >= 0.3 is 0 Å². The van der Waals surface area contributed by atoms with E-state index in [2.05, 4.69) is 47.5 Å². The van der Waals surface area contributed by atoms with Crippen LogP contribution in [0.3, 0.4) is 0 Å². The molecule has 1 aromatic heterocycles. The number of pyridine rings is 1. The van der Waals surface area contributed by atoms with Gasteiger partial charge in [-0.3, -0.25) is 4.79 Å². The maximum absolute atomic E-state index is 12.6. The van der Waals surface area contributed by atoms with E-state index in [4.69, 9.17) is 0 Å². The number of H-pyrrole nitrogens is 1. The number of benzene rings is 2. The molecule has 0 aliphatic carbocycles. The van der Waals surface area contributed by atoms with Crippen molar-refractivity contribution in [3.05, 3.63) is 55.8 Å². The first-order valence-corrected chi connectivity index (χ1v) is 7.40. The topological polar surface area (TPSA) is 32.9 Å². The van der Waals surface area contributed by atoms with E-state index >= 15 is 0 Å². The zero-order chi connectivity index (χ0) is 13.6. The highest BCUT2D eigenvalue weighted by atomic mass is 127. The standard InChI is InChI=1S/C16H14INO/c1-9(2)11-4-3-5-12-15(11)18-14-7-6-10(17)8-13(14)16(12)19/h3-9H,1-2H3,(H,18,19). The molecule has 96 valence electrons.